The van der Waals surface area contributed by atoms with Gasteiger partial charge in [-0.05, 0) is 29.8 Å². The topological polar surface area (TPSA) is 3.24 Å². The largest absolute Gasteiger partial charge is 1.00 e. The van der Waals surface area contributed by atoms with Gasteiger partial charge in [0.05, 0.1) is 0 Å². The minimum Gasteiger partial charge on any atom is -1.00 e. The molecule has 0 aromatic heterocycles. The molecule has 0 radical (unpaired) electrons. The molecule has 0 N–H and O–H groups in total. The highest BCUT2D eigenvalue weighted by Crippen LogP contribution is 2.60. The molecule has 0 aliphatic carbocycles. The molecule has 0 fully saturated rings. The Morgan fingerprint density at radius 3 is 1.38 bits per heavy atom. The van der Waals surface area contributed by atoms with Crippen LogP contribution in [0.3, 0.4) is 0 Å². The molecule has 0 aliphatic heterocycles. The fourth-order valence-corrected chi connectivity index (χ4v) is 7.07. The van der Waals surface area contributed by atoms with E-state index in [0.717, 1.165) is 6.16 Å². The molecule has 1 nitrogen and oxygen atoms in total. The van der Waals surface area contributed by atoms with E-state index in [0.29, 0.717) is 0 Å². The predicted molar refractivity (Wildman–Crippen MR) is 103 cm³/mol. The van der Waals surface area contributed by atoms with Crippen LogP contribution in [0.2, 0.25) is 0 Å². The van der Waals surface area contributed by atoms with E-state index >= 15 is 0 Å². The van der Waals surface area contributed by atoms with Crippen LogP contribution >= 0.6 is 7.41 Å². The number of rotatable bonds is 5. The predicted octanol–water partition coefficient (Wildman–Crippen LogP) is 1.34. The summed E-state index contributed by atoms with van der Waals surface area (Å²) in [4.78, 5) is 0. The lowest BCUT2D eigenvalue weighted by Gasteiger charge is -2.32. The molecule has 0 spiro atoms. The zero-order valence-electron chi connectivity index (χ0n) is 14.1. The van der Waals surface area contributed by atoms with E-state index in [2.05, 4.69) is 110 Å². The van der Waals surface area contributed by atoms with Gasteiger partial charge in [-0.15, -0.1) is 0 Å². The minimum absolute atomic E-state index is 0. The van der Waals surface area contributed by atoms with Gasteiger partial charge < -0.3 is 17.0 Å². The lowest BCUT2D eigenvalue weighted by molar-refractivity contribution is -0.00000464. The van der Waals surface area contributed by atoms with Crippen molar-refractivity contribution < 1.29 is 17.0 Å². The summed E-state index contributed by atoms with van der Waals surface area (Å²) >= 11 is 0. The van der Waals surface area contributed by atoms with Crippen LogP contribution in [0, 0.1) is 0 Å². The van der Waals surface area contributed by atoms with Crippen LogP contribution in [-0.2, 0) is 6.16 Å². The molecule has 0 saturated carbocycles. The third-order valence-corrected chi connectivity index (χ3v) is 8.80. The standard InChI is InChI=1S/C21H23NP.BrH/c1-22(2)23(20-14-8-4-9-15-20,21-16-10-5-11-17-21)18-19-12-6-3-7-13-19;/h3-17H,18H2,1-2H3;1H/q+1;/p-1. The van der Waals surface area contributed by atoms with Crippen molar-refractivity contribution in [2.45, 2.75) is 6.16 Å². The van der Waals surface area contributed by atoms with Crippen molar-refractivity contribution in [3.63, 3.8) is 0 Å². The zero-order valence-corrected chi connectivity index (χ0v) is 16.6. The molecule has 0 heterocycles. The molecule has 0 bridgehead atoms. The van der Waals surface area contributed by atoms with Crippen molar-refractivity contribution >= 4 is 18.0 Å². The summed E-state index contributed by atoms with van der Waals surface area (Å²) in [6, 6.07) is 32.8. The normalized spacial score (nSPS) is 11.1. The first-order valence-corrected chi connectivity index (χ1v) is 9.87. The summed E-state index contributed by atoms with van der Waals surface area (Å²) in [5.41, 5.74) is 1.39. The van der Waals surface area contributed by atoms with Crippen molar-refractivity contribution in [3.05, 3.63) is 96.6 Å². The maximum absolute atomic E-state index is 2.45. The fourth-order valence-electron chi connectivity index (χ4n) is 3.13. The molecule has 3 aromatic rings. The van der Waals surface area contributed by atoms with E-state index in [-0.39, 0.29) is 17.0 Å². The first kappa shape index (κ1) is 18.9. The summed E-state index contributed by atoms with van der Waals surface area (Å²) in [5.74, 6) is 0. The maximum atomic E-state index is 2.45. The van der Waals surface area contributed by atoms with Gasteiger partial charge >= 0.3 is 0 Å². The van der Waals surface area contributed by atoms with Crippen molar-refractivity contribution in [2.24, 2.45) is 0 Å². The van der Waals surface area contributed by atoms with Crippen LogP contribution in [0.15, 0.2) is 91.0 Å². The zero-order chi connectivity index (χ0) is 16.1. The van der Waals surface area contributed by atoms with Crippen LogP contribution < -0.4 is 27.6 Å². The summed E-state index contributed by atoms with van der Waals surface area (Å²) in [6.07, 6.45) is 1.05. The second-order valence-electron chi connectivity index (χ2n) is 5.93. The second-order valence-corrected chi connectivity index (χ2v) is 9.62. The van der Waals surface area contributed by atoms with Crippen LogP contribution in [-0.4, -0.2) is 18.8 Å². The van der Waals surface area contributed by atoms with Gasteiger partial charge in [-0.1, -0.05) is 66.7 Å². The van der Waals surface area contributed by atoms with E-state index < -0.39 is 7.41 Å². The van der Waals surface area contributed by atoms with Gasteiger partial charge in [0, 0.05) is 14.1 Å². The molecule has 3 aromatic carbocycles. The number of benzene rings is 3. The van der Waals surface area contributed by atoms with E-state index in [1.165, 1.54) is 16.2 Å². The summed E-state index contributed by atoms with van der Waals surface area (Å²) < 4.78 is 2.45. The lowest BCUT2D eigenvalue weighted by atomic mass is 10.2. The Kier molecular flexibility index (Phi) is 6.74. The van der Waals surface area contributed by atoms with Gasteiger partial charge in [0.2, 0.25) is 0 Å². The van der Waals surface area contributed by atoms with Crippen molar-refractivity contribution in [2.75, 3.05) is 14.1 Å². The van der Waals surface area contributed by atoms with Gasteiger partial charge in [0.25, 0.3) is 0 Å². The summed E-state index contributed by atoms with van der Waals surface area (Å²) in [7, 11) is 2.78. The number of halogens is 1. The number of hydrogen-bond donors (Lipinski definition) is 0. The molecule has 0 amide bonds. The van der Waals surface area contributed by atoms with Crippen LogP contribution in [0.1, 0.15) is 5.56 Å². The van der Waals surface area contributed by atoms with Crippen molar-refractivity contribution in [1.82, 2.24) is 4.67 Å². The average Bonchev–Trinajstić information content (AvgIpc) is 2.62. The molecule has 0 aliphatic rings. The molecular formula is C21H23BrNP. The Hall–Kier alpha value is -1.47. The lowest BCUT2D eigenvalue weighted by Crippen LogP contribution is -3.00. The number of hydrogen-bond acceptors (Lipinski definition) is 1. The second kappa shape index (κ2) is 8.58. The van der Waals surface area contributed by atoms with Crippen molar-refractivity contribution in [3.8, 4) is 0 Å². The molecule has 0 unspecified atom stereocenters. The highest BCUT2D eigenvalue weighted by molar-refractivity contribution is 7.86. The third-order valence-electron chi connectivity index (χ3n) is 4.30. The Balaban J connectivity index is 0.00000208. The highest BCUT2D eigenvalue weighted by atomic mass is 79.9. The molecule has 24 heavy (non-hydrogen) atoms. The Morgan fingerprint density at radius 2 is 1.00 bits per heavy atom. The third kappa shape index (κ3) is 3.78. The average molecular weight is 400 g/mol. The first-order valence-electron chi connectivity index (χ1n) is 7.94. The number of nitrogens with zero attached hydrogens (tertiary/aromatic N) is 1. The van der Waals surface area contributed by atoms with Gasteiger partial charge in [-0.2, -0.15) is 4.67 Å². The highest BCUT2D eigenvalue weighted by Gasteiger charge is 2.45. The van der Waals surface area contributed by atoms with Gasteiger partial charge in [-0.25, -0.2) is 0 Å². The van der Waals surface area contributed by atoms with Crippen LogP contribution in [0.25, 0.3) is 0 Å². The smallest absolute Gasteiger partial charge is 0.152 e. The van der Waals surface area contributed by atoms with E-state index in [1.807, 2.05) is 0 Å². The minimum atomic E-state index is -1.66. The Labute approximate surface area is 156 Å². The van der Waals surface area contributed by atoms with Gasteiger partial charge in [0.15, 0.2) is 7.41 Å². The molecule has 0 saturated heterocycles. The monoisotopic (exact) mass is 399 g/mol. The molecule has 3 heteroatoms. The first-order chi connectivity index (χ1) is 11.2. The quantitative estimate of drug-likeness (QED) is 0.585. The molecular weight excluding hydrogens is 377 g/mol. The Bertz CT molecular complexity index is 690. The van der Waals surface area contributed by atoms with Crippen LogP contribution in [0.5, 0.6) is 0 Å². The summed E-state index contributed by atoms with van der Waals surface area (Å²) in [6.45, 7) is 0. The Morgan fingerprint density at radius 1 is 0.625 bits per heavy atom. The summed E-state index contributed by atoms with van der Waals surface area (Å²) in [5, 5.41) is 2.86. The van der Waals surface area contributed by atoms with E-state index in [4.69, 9.17) is 0 Å². The van der Waals surface area contributed by atoms with E-state index in [9.17, 15) is 0 Å². The van der Waals surface area contributed by atoms with Gasteiger partial charge in [-0.3, -0.25) is 0 Å². The van der Waals surface area contributed by atoms with Crippen molar-refractivity contribution in [1.29, 1.82) is 0 Å². The van der Waals surface area contributed by atoms with E-state index in [1.54, 1.807) is 0 Å². The maximum Gasteiger partial charge on any atom is 0.152 e. The van der Waals surface area contributed by atoms with Gasteiger partial charge in [0.1, 0.15) is 16.8 Å². The SMILES string of the molecule is CN(C)[P+](Cc1ccccc1)(c1ccccc1)c1ccccc1.[Br-]. The fraction of sp³-hybridized carbons (Fsp3) is 0.143. The molecule has 0 atom stereocenters. The molecule has 3 rings (SSSR count). The van der Waals surface area contributed by atoms with Crippen LogP contribution in [0.4, 0.5) is 0 Å². The molecule has 124 valence electrons.